The molecular formula is C19H20F3N3O3. The number of carbonyl (C=O) groups excluding carboxylic acids is 1. The Balaban J connectivity index is 2.54. The van der Waals surface area contributed by atoms with Gasteiger partial charge < -0.3 is 9.47 Å². The number of alkyl halides is 3. The predicted molar refractivity (Wildman–Crippen MR) is 94.9 cm³/mol. The molecule has 1 heterocycles. The van der Waals surface area contributed by atoms with Gasteiger partial charge >= 0.3 is 12.1 Å². The van der Waals surface area contributed by atoms with Crippen molar-refractivity contribution in [1.29, 1.82) is 5.26 Å². The molecule has 0 saturated heterocycles. The largest absolute Gasteiger partial charge is 0.496 e. The molecule has 0 N–H and O–H groups in total. The Morgan fingerprint density at radius 1 is 1.32 bits per heavy atom. The Kier molecular flexibility index (Phi) is 6.67. The minimum absolute atomic E-state index is 0.0293. The van der Waals surface area contributed by atoms with Gasteiger partial charge in [-0.05, 0) is 38.0 Å². The third-order valence-corrected chi connectivity index (χ3v) is 4.05. The highest BCUT2D eigenvalue weighted by atomic mass is 19.4. The Morgan fingerprint density at radius 3 is 2.57 bits per heavy atom. The van der Waals surface area contributed by atoms with Crippen molar-refractivity contribution in [3.8, 4) is 23.1 Å². The fraction of sp³-hybridized carbons (Fsp3) is 0.421. The van der Waals surface area contributed by atoms with E-state index < -0.39 is 18.6 Å². The van der Waals surface area contributed by atoms with Crippen molar-refractivity contribution in [1.82, 2.24) is 9.78 Å². The molecule has 28 heavy (non-hydrogen) atoms. The zero-order valence-electron chi connectivity index (χ0n) is 15.8. The molecular weight excluding hydrogens is 375 g/mol. The van der Waals surface area contributed by atoms with Gasteiger partial charge in [-0.15, -0.1) is 0 Å². The first-order valence-corrected chi connectivity index (χ1v) is 8.67. The molecule has 9 heteroatoms. The van der Waals surface area contributed by atoms with E-state index in [0.29, 0.717) is 29.1 Å². The summed E-state index contributed by atoms with van der Waals surface area (Å²) in [5.41, 5.74) is 1.18. The highest BCUT2D eigenvalue weighted by molar-refractivity contribution is 5.93. The summed E-state index contributed by atoms with van der Waals surface area (Å²) in [5.74, 6) is -0.422. The lowest BCUT2D eigenvalue weighted by Crippen LogP contribution is -2.08. The highest BCUT2D eigenvalue weighted by Crippen LogP contribution is 2.35. The summed E-state index contributed by atoms with van der Waals surface area (Å²) >= 11 is 0. The maximum atomic E-state index is 12.5. The van der Waals surface area contributed by atoms with Crippen LogP contribution >= 0.6 is 0 Å². The Bertz CT molecular complexity index is 898. The van der Waals surface area contributed by atoms with Crippen LogP contribution in [0.2, 0.25) is 0 Å². The number of benzene rings is 1. The number of carbonyl (C=O) groups is 1. The first-order chi connectivity index (χ1) is 13.3. The zero-order valence-corrected chi connectivity index (χ0v) is 15.8. The number of ether oxygens (including phenoxy) is 2. The molecule has 1 aromatic carbocycles. The SMILES string of the molecule is CCOC(=O)c1nn(CC)c(-c2ccc(CCC(F)(F)F)cc2OC)c1C#N. The third kappa shape index (κ3) is 4.63. The van der Waals surface area contributed by atoms with E-state index in [2.05, 4.69) is 5.10 Å². The minimum Gasteiger partial charge on any atom is -0.496 e. The number of aromatic nitrogens is 2. The fourth-order valence-electron chi connectivity index (χ4n) is 2.79. The molecule has 150 valence electrons. The van der Waals surface area contributed by atoms with Gasteiger partial charge in [0, 0.05) is 18.5 Å². The zero-order chi connectivity index (χ0) is 20.9. The van der Waals surface area contributed by atoms with Gasteiger partial charge in [-0.25, -0.2) is 4.79 Å². The van der Waals surface area contributed by atoms with Crippen LogP contribution in [-0.4, -0.2) is 35.6 Å². The van der Waals surface area contributed by atoms with Crippen LogP contribution in [0, 0.1) is 11.3 Å². The maximum absolute atomic E-state index is 12.5. The van der Waals surface area contributed by atoms with Crippen molar-refractivity contribution in [2.45, 2.75) is 39.4 Å². The average molecular weight is 395 g/mol. The molecule has 6 nitrogen and oxygen atoms in total. The molecule has 2 aromatic rings. The Hall–Kier alpha value is -3.02. The Morgan fingerprint density at radius 2 is 2.04 bits per heavy atom. The monoisotopic (exact) mass is 395 g/mol. The molecule has 0 saturated carbocycles. The van der Waals surface area contributed by atoms with Gasteiger partial charge in [-0.3, -0.25) is 4.68 Å². The second-order valence-corrected chi connectivity index (χ2v) is 5.87. The normalized spacial score (nSPS) is 11.2. The number of halogens is 3. The molecule has 0 amide bonds. The van der Waals surface area contributed by atoms with E-state index in [-0.39, 0.29) is 24.3 Å². The number of nitriles is 1. The number of rotatable bonds is 7. The van der Waals surface area contributed by atoms with E-state index in [1.54, 1.807) is 26.0 Å². The van der Waals surface area contributed by atoms with Crippen molar-refractivity contribution in [3.63, 3.8) is 0 Å². The number of hydrogen-bond donors (Lipinski definition) is 0. The molecule has 0 aliphatic carbocycles. The quantitative estimate of drug-likeness (QED) is 0.659. The lowest BCUT2D eigenvalue weighted by Gasteiger charge is -2.13. The Labute approximate surface area is 160 Å². The molecule has 0 unspecified atom stereocenters. The number of nitrogens with zero attached hydrogens (tertiary/aromatic N) is 3. The standard InChI is InChI=1S/C19H20F3N3O3/c1-4-25-17(14(11-23)16(24-25)18(26)28-5-2)13-7-6-12(10-15(13)27-3)8-9-19(20,21)22/h6-7,10H,4-5,8-9H2,1-3H3. The van der Waals surface area contributed by atoms with Gasteiger partial charge in [0.25, 0.3) is 0 Å². The first-order valence-electron chi connectivity index (χ1n) is 8.67. The molecule has 0 fully saturated rings. The summed E-state index contributed by atoms with van der Waals surface area (Å²) in [4.78, 5) is 12.1. The second kappa shape index (κ2) is 8.78. The van der Waals surface area contributed by atoms with Gasteiger partial charge in [0.15, 0.2) is 5.69 Å². The molecule has 2 rings (SSSR count). The van der Waals surface area contributed by atoms with Crippen molar-refractivity contribution in [2.24, 2.45) is 0 Å². The number of methoxy groups -OCH3 is 1. The smallest absolute Gasteiger partial charge is 0.389 e. The highest BCUT2D eigenvalue weighted by Gasteiger charge is 2.28. The van der Waals surface area contributed by atoms with Crippen LogP contribution in [0.1, 0.15) is 41.9 Å². The molecule has 0 aliphatic rings. The summed E-state index contributed by atoms with van der Waals surface area (Å²) in [6.07, 6.45) is -5.39. The maximum Gasteiger partial charge on any atom is 0.389 e. The fourth-order valence-corrected chi connectivity index (χ4v) is 2.79. The van der Waals surface area contributed by atoms with Crippen LogP contribution in [0.15, 0.2) is 18.2 Å². The first kappa shape index (κ1) is 21.3. The van der Waals surface area contributed by atoms with E-state index in [0.717, 1.165) is 0 Å². The molecule has 0 aliphatic heterocycles. The van der Waals surface area contributed by atoms with Crippen molar-refractivity contribution in [2.75, 3.05) is 13.7 Å². The topological polar surface area (TPSA) is 77.1 Å². The number of esters is 1. The minimum atomic E-state index is -4.25. The summed E-state index contributed by atoms with van der Waals surface area (Å²) in [7, 11) is 1.39. The molecule has 1 aromatic heterocycles. The summed E-state index contributed by atoms with van der Waals surface area (Å²) in [6.45, 7) is 3.93. The van der Waals surface area contributed by atoms with Crippen LogP contribution in [0.3, 0.4) is 0 Å². The molecule has 0 spiro atoms. The van der Waals surface area contributed by atoms with E-state index in [1.165, 1.54) is 17.9 Å². The van der Waals surface area contributed by atoms with Crippen LogP contribution in [-0.2, 0) is 17.7 Å². The molecule has 0 bridgehead atoms. The average Bonchev–Trinajstić information content (AvgIpc) is 3.04. The molecule has 0 radical (unpaired) electrons. The summed E-state index contributed by atoms with van der Waals surface area (Å²) < 4.78 is 49.2. The van der Waals surface area contributed by atoms with Crippen LogP contribution in [0.25, 0.3) is 11.3 Å². The van der Waals surface area contributed by atoms with Gasteiger partial charge in [0.2, 0.25) is 0 Å². The third-order valence-electron chi connectivity index (χ3n) is 4.05. The number of hydrogen-bond acceptors (Lipinski definition) is 5. The lowest BCUT2D eigenvalue weighted by atomic mass is 10.0. The van der Waals surface area contributed by atoms with Crippen LogP contribution in [0.5, 0.6) is 5.75 Å². The summed E-state index contributed by atoms with van der Waals surface area (Å²) in [6, 6.07) is 6.59. The van der Waals surface area contributed by atoms with Crippen molar-refractivity contribution >= 4 is 5.97 Å². The second-order valence-electron chi connectivity index (χ2n) is 5.87. The van der Waals surface area contributed by atoms with Crippen LogP contribution in [0.4, 0.5) is 13.2 Å². The lowest BCUT2D eigenvalue weighted by molar-refractivity contribution is -0.134. The van der Waals surface area contributed by atoms with Gasteiger partial charge in [0.05, 0.1) is 19.4 Å². The molecule has 0 atom stereocenters. The van der Waals surface area contributed by atoms with Gasteiger partial charge in [-0.2, -0.15) is 23.5 Å². The van der Waals surface area contributed by atoms with Crippen LogP contribution < -0.4 is 4.74 Å². The van der Waals surface area contributed by atoms with E-state index in [9.17, 15) is 23.2 Å². The van der Waals surface area contributed by atoms with Gasteiger partial charge in [-0.1, -0.05) is 6.07 Å². The van der Waals surface area contributed by atoms with E-state index in [1.807, 2.05) is 6.07 Å². The van der Waals surface area contributed by atoms with Crippen molar-refractivity contribution < 1.29 is 27.4 Å². The van der Waals surface area contributed by atoms with Crippen molar-refractivity contribution in [3.05, 3.63) is 35.0 Å². The van der Waals surface area contributed by atoms with E-state index in [4.69, 9.17) is 9.47 Å². The summed E-state index contributed by atoms with van der Waals surface area (Å²) in [5, 5.41) is 13.8. The van der Waals surface area contributed by atoms with Gasteiger partial charge in [0.1, 0.15) is 17.4 Å². The predicted octanol–water partition coefficient (Wildman–Crippen LogP) is 4.12. The van der Waals surface area contributed by atoms with E-state index >= 15 is 0 Å². The number of aryl methyl sites for hydroxylation is 2.